The SMILES string of the molecule is CN1CCC(C(=O)Cc2cc3cc(-c4cnccn4)ccc3nn2)CC1. The van der Waals surface area contributed by atoms with Crippen molar-refractivity contribution in [2.45, 2.75) is 19.3 Å². The van der Waals surface area contributed by atoms with Gasteiger partial charge in [-0.2, -0.15) is 10.2 Å². The topological polar surface area (TPSA) is 71.9 Å². The molecule has 2 aromatic heterocycles. The van der Waals surface area contributed by atoms with Crippen molar-refractivity contribution >= 4 is 16.7 Å². The van der Waals surface area contributed by atoms with Crippen molar-refractivity contribution < 1.29 is 4.79 Å². The fourth-order valence-corrected chi connectivity index (χ4v) is 3.43. The molecule has 0 atom stereocenters. The first kappa shape index (κ1) is 16.7. The van der Waals surface area contributed by atoms with E-state index in [1.807, 2.05) is 24.3 Å². The van der Waals surface area contributed by atoms with E-state index in [-0.39, 0.29) is 11.7 Å². The summed E-state index contributed by atoms with van der Waals surface area (Å²) < 4.78 is 0. The summed E-state index contributed by atoms with van der Waals surface area (Å²) >= 11 is 0. The monoisotopic (exact) mass is 347 g/mol. The van der Waals surface area contributed by atoms with Crippen LogP contribution >= 0.6 is 0 Å². The van der Waals surface area contributed by atoms with E-state index >= 15 is 0 Å². The van der Waals surface area contributed by atoms with Gasteiger partial charge < -0.3 is 4.90 Å². The van der Waals surface area contributed by atoms with E-state index in [0.717, 1.165) is 53.8 Å². The zero-order valence-electron chi connectivity index (χ0n) is 14.8. The molecular formula is C20H21N5O. The molecule has 6 nitrogen and oxygen atoms in total. The largest absolute Gasteiger partial charge is 0.306 e. The number of aromatic nitrogens is 4. The van der Waals surface area contributed by atoms with Gasteiger partial charge in [0.1, 0.15) is 5.78 Å². The van der Waals surface area contributed by atoms with Crippen LogP contribution in [0.4, 0.5) is 0 Å². The van der Waals surface area contributed by atoms with Crippen molar-refractivity contribution in [2.24, 2.45) is 5.92 Å². The zero-order chi connectivity index (χ0) is 17.9. The highest BCUT2D eigenvalue weighted by Crippen LogP contribution is 2.23. The first-order valence-corrected chi connectivity index (χ1v) is 8.93. The molecule has 0 radical (unpaired) electrons. The Kier molecular flexibility index (Phi) is 4.67. The number of carbonyl (C=O) groups excluding carboxylic acids is 1. The quantitative estimate of drug-likeness (QED) is 0.722. The number of rotatable bonds is 4. The van der Waals surface area contributed by atoms with Gasteiger partial charge in [-0.3, -0.25) is 14.8 Å². The molecule has 1 aliphatic heterocycles. The molecule has 26 heavy (non-hydrogen) atoms. The van der Waals surface area contributed by atoms with E-state index in [1.165, 1.54) is 0 Å². The number of nitrogens with zero attached hydrogens (tertiary/aromatic N) is 5. The van der Waals surface area contributed by atoms with Gasteiger partial charge in [0.15, 0.2) is 0 Å². The highest BCUT2D eigenvalue weighted by atomic mass is 16.1. The summed E-state index contributed by atoms with van der Waals surface area (Å²) in [5, 5.41) is 9.50. The number of hydrogen-bond acceptors (Lipinski definition) is 6. The second kappa shape index (κ2) is 7.25. The van der Waals surface area contributed by atoms with Gasteiger partial charge in [-0.1, -0.05) is 6.07 Å². The van der Waals surface area contributed by atoms with Crippen molar-refractivity contribution in [1.29, 1.82) is 0 Å². The normalized spacial score (nSPS) is 16.0. The average Bonchev–Trinajstić information content (AvgIpc) is 2.68. The smallest absolute Gasteiger partial charge is 0.142 e. The Morgan fingerprint density at radius 1 is 1.15 bits per heavy atom. The number of fused-ring (bicyclic) bond motifs is 1. The number of carbonyl (C=O) groups is 1. The Labute approximate surface area is 152 Å². The predicted molar refractivity (Wildman–Crippen MR) is 99.5 cm³/mol. The summed E-state index contributed by atoms with van der Waals surface area (Å²) in [6.07, 6.45) is 7.30. The second-order valence-corrected chi connectivity index (χ2v) is 6.92. The average molecular weight is 347 g/mol. The van der Waals surface area contributed by atoms with Gasteiger partial charge in [0.05, 0.1) is 29.5 Å². The molecule has 4 rings (SSSR count). The maximum Gasteiger partial charge on any atom is 0.142 e. The van der Waals surface area contributed by atoms with Crippen LogP contribution in [-0.2, 0) is 11.2 Å². The third-order valence-electron chi connectivity index (χ3n) is 5.02. The van der Waals surface area contributed by atoms with Crippen molar-refractivity contribution in [3.8, 4) is 11.3 Å². The molecule has 1 aliphatic rings. The Hall–Kier alpha value is -2.73. The lowest BCUT2D eigenvalue weighted by Crippen LogP contribution is -2.34. The van der Waals surface area contributed by atoms with Gasteiger partial charge in [0.2, 0.25) is 0 Å². The number of Topliss-reactive ketones (excluding diaryl/α,β-unsaturated/α-hetero) is 1. The number of piperidine rings is 1. The molecule has 6 heteroatoms. The van der Waals surface area contributed by atoms with Gasteiger partial charge in [0.25, 0.3) is 0 Å². The molecule has 3 aromatic rings. The molecule has 1 fully saturated rings. The molecule has 1 aromatic carbocycles. The van der Waals surface area contributed by atoms with Crippen molar-refractivity contribution in [1.82, 2.24) is 25.1 Å². The van der Waals surface area contributed by atoms with Crippen LogP contribution in [0.1, 0.15) is 18.5 Å². The van der Waals surface area contributed by atoms with Gasteiger partial charge in [-0.15, -0.1) is 0 Å². The Morgan fingerprint density at radius 2 is 2.00 bits per heavy atom. The molecule has 0 bridgehead atoms. The minimum Gasteiger partial charge on any atom is -0.306 e. The highest BCUT2D eigenvalue weighted by Gasteiger charge is 2.23. The van der Waals surface area contributed by atoms with Crippen LogP contribution in [0.25, 0.3) is 22.2 Å². The van der Waals surface area contributed by atoms with Crippen LogP contribution in [0, 0.1) is 5.92 Å². The van der Waals surface area contributed by atoms with Gasteiger partial charge >= 0.3 is 0 Å². The summed E-state index contributed by atoms with van der Waals surface area (Å²) in [6, 6.07) is 7.88. The summed E-state index contributed by atoms with van der Waals surface area (Å²) in [6.45, 7) is 1.97. The Bertz CT molecular complexity index is 920. The molecule has 0 spiro atoms. The van der Waals surface area contributed by atoms with E-state index in [9.17, 15) is 4.79 Å². The molecule has 0 aliphatic carbocycles. The molecule has 132 valence electrons. The molecule has 0 amide bonds. The second-order valence-electron chi connectivity index (χ2n) is 6.92. The van der Waals surface area contributed by atoms with Crippen LogP contribution in [0.2, 0.25) is 0 Å². The first-order chi connectivity index (χ1) is 12.7. The summed E-state index contributed by atoms with van der Waals surface area (Å²) in [7, 11) is 2.10. The summed E-state index contributed by atoms with van der Waals surface area (Å²) in [5.41, 5.74) is 3.34. The molecular weight excluding hydrogens is 326 g/mol. The van der Waals surface area contributed by atoms with E-state index in [4.69, 9.17) is 0 Å². The van der Waals surface area contributed by atoms with Crippen LogP contribution in [-0.4, -0.2) is 51.0 Å². The Morgan fingerprint density at radius 3 is 2.77 bits per heavy atom. The van der Waals surface area contributed by atoms with Gasteiger partial charge in [-0.05, 0) is 51.2 Å². The van der Waals surface area contributed by atoms with Crippen LogP contribution in [0.5, 0.6) is 0 Å². The third kappa shape index (κ3) is 3.60. The zero-order valence-corrected chi connectivity index (χ0v) is 14.8. The summed E-state index contributed by atoms with van der Waals surface area (Å²) in [5.74, 6) is 0.423. The fourth-order valence-electron chi connectivity index (χ4n) is 3.43. The minimum absolute atomic E-state index is 0.148. The van der Waals surface area contributed by atoms with E-state index in [0.29, 0.717) is 6.42 Å². The van der Waals surface area contributed by atoms with Gasteiger partial charge in [0, 0.05) is 29.3 Å². The lowest BCUT2D eigenvalue weighted by Gasteiger charge is -2.27. The maximum absolute atomic E-state index is 12.6. The predicted octanol–water partition coefficient (Wildman–Crippen LogP) is 2.54. The summed E-state index contributed by atoms with van der Waals surface area (Å²) in [4.78, 5) is 23.3. The molecule has 0 saturated carbocycles. The standard InChI is InChI=1S/C20H21N5O/c1-25-8-4-14(5-9-25)20(26)12-17-11-16-10-15(2-3-18(16)24-23-17)19-13-21-6-7-22-19/h2-3,6-7,10-11,13-14H,4-5,8-9,12H2,1H3. The molecule has 0 N–H and O–H groups in total. The third-order valence-corrected chi connectivity index (χ3v) is 5.02. The van der Waals surface area contributed by atoms with Crippen molar-refractivity contribution in [3.05, 3.63) is 48.5 Å². The molecule has 0 unspecified atom stereocenters. The van der Waals surface area contributed by atoms with Crippen molar-refractivity contribution in [3.63, 3.8) is 0 Å². The number of hydrogen-bond donors (Lipinski definition) is 0. The van der Waals surface area contributed by atoms with E-state index < -0.39 is 0 Å². The Balaban J connectivity index is 1.55. The van der Waals surface area contributed by atoms with Crippen LogP contribution in [0.15, 0.2) is 42.9 Å². The van der Waals surface area contributed by atoms with E-state index in [1.54, 1.807) is 18.6 Å². The first-order valence-electron chi connectivity index (χ1n) is 8.93. The van der Waals surface area contributed by atoms with Crippen LogP contribution < -0.4 is 0 Å². The van der Waals surface area contributed by atoms with Crippen molar-refractivity contribution in [2.75, 3.05) is 20.1 Å². The lowest BCUT2D eigenvalue weighted by molar-refractivity contribution is -0.123. The minimum atomic E-state index is 0.148. The number of likely N-dealkylation sites (tertiary alicyclic amines) is 1. The molecule has 1 saturated heterocycles. The van der Waals surface area contributed by atoms with E-state index in [2.05, 4.69) is 32.1 Å². The lowest BCUT2D eigenvalue weighted by atomic mass is 9.90. The van der Waals surface area contributed by atoms with Gasteiger partial charge in [-0.25, -0.2) is 0 Å². The maximum atomic E-state index is 12.6. The fraction of sp³-hybridized carbons (Fsp3) is 0.350. The number of benzene rings is 1. The number of ketones is 1. The molecule has 3 heterocycles. The highest BCUT2D eigenvalue weighted by molar-refractivity contribution is 5.86. The van der Waals surface area contributed by atoms with Crippen LogP contribution in [0.3, 0.4) is 0 Å².